The summed E-state index contributed by atoms with van der Waals surface area (Å²) >= 11 is 0. The standard InChI is InChI=1S/C9H21N3O2/c10-9(11)12(5-1-3-7-13)6-2-4-8-14/h13-14H,1-8H2,(H3,10,11). The van der Waals surface area contributed by atoms with Crippen LogP contribution in [0.3, 0.4) is 0 Å². The van der Waals surface area contributed by atoms with Crippen LogP contribution < -0.4 is 5.73 Å². The molecule has 0 rings (SSSR count). The van der Waals surface area contributed by atoms with Gasteiger partial charge in [-0.15, -0.1) is 0 Å². The molecule has 0 aliphatic heterocycles. The van der Waals surface area contributed by atoms with Crippen LogP contribution in [0.25, 0.3) is 0 Å². The summed E-state index contributed by atoms with van der Waals surface area (Å²) in [7, 11) is 0. The van der Waals surface area contributed by atoms with E-state index >= 15 is 0 Å². The molecule has 0 spiro atoms. The Labute approximate surface area is 85.0 Å². The first-order valence-corrected chi connectivity index (χ1v) is 5.03. The molecule has 5 heteroatoms. The molecule has 0 aromatic rings. The van der Waals surface area contributed by atoms with Gasteiger partial charge in [-0.2, -0.15) is 0 Å². The topological polar surface area (TPSA) is 93.6 Å². The number of guanidine groups is 1. The SMILES string of the molecule is N=C(N)N(CCCCO)CCCCO. The van der Waals surface area contributed by atoms with Crippen molar-refractivity contribution in [3.63, 3.8) is 0 Å². The molecule has 0 aromatic heterocycles. The van der Waals surface area contributed by atoms with E-state index in [1.807, 2.05) is 0 Å². The van der Waals surface area contributed by atoms with E-state index in [1.54, 1.807) is 4.90 Å². The zero-order valence-electron chi connectivity index (χ0n) is 8.58. The van der Waals surface area contributed by atoms with Crippen molar-refractivity contribution in [2.45, 2.75) is 25.7 Å². The van der Waals surface area contributed by atoms with Gasteiger partial charge in [0.25, 0.3) is 0 Å². The van der Waals surface area contributed by atoms with Crippen LogP contribution in [0.2, 0.25) is 0 Å². The van der Waals surface area contributed by atoms with Gasteiger partial charge < -0.3 is 20.8 Å². The molecule has 0 saturated heterocycles. The maximum Gasteiger partial charge on any atom is 0.188 e. The van der Waals surface area contributed by atoms with Crippen molar-refractivity contribution in [1.29, 1.82) is 5.41 Å². The van der Waals surface area contributed by atoms with Crippen molar-refractivity contribution in [3.05, 3.63) is 0 Å². The van der Waals surface area contributed by atoms with Crippen LogP contribution in [0.5, 0.6) is 0 Å². The summed E-state index contributed by atoms with van der Waals surface area (Å²) in [5, 5.41) is 24.5. The van der Waals surface area contributed by atoms with Crippen LogP contribution in [0.1, 0.15) is 25.7 Å². The minimum Gasteiger partial charge on any atom is -0.396 e. The van der Waals surface area contributed by atoms with Gasteiger partial charge in [-0.1, -0.05) is 0 Å². The molecular formula is C9H21N3O2. The van der Waals surface area contributed by atoms with Crippen LogP contribution in [0, 0.1) is 5.41 Å². The summed E-state index contributed by atoms with van der Waals surface area (Å²) in [6, 6.07) is 0. The second-order valence-corrected chi connectivity index (χ2v) is 3.23. The molecule has 0 bridgehead atoms. The first-order valence-electron chi connectivity index (χ1n) is 5.03. The summed E-state index contributed by atoms with van der Waals surface area (Å²) in [5.74, 6) is 0.0703. The van der Waals surface area contributed by atoms with E-state index in [4.69, 9.17) is 21.4 Å². The second-order valence-electron chi connectivity index (χ2n) is 3.23. The lowest BCUT2D eigenvalue weighted by atomic mass is 10.2. The number of hydrogen-bond donors (Lipinski definition) is 4. The Morgan fingerprint density at radius 2 is 1.43 bits per heavy atom. The fraction of sp³-hybridized carbons (Fsp3) is 0.889. The number of hydrogen-bond acceptors (Lipinski definition) is 3. The first kappa shape index (κ1) is 13.2. The number of nitrogens with zero attached hydrogens (tertiary/aromatic N) is 1. The fourth-order valence-electron chi connectivity index (χ4n) is 1.18. The molecule has 0 aromatic carbocycles. The van der Waals surface area contributed by atoms with Crippen molar-refractivity contribution in [2.75, 3.05) is 26.3 Å². The average Bonchev–Trinajstić information content (AvgIpc) is 2.15. The molecule has 14 heavy (non-hydrogen) atoms. The number of rotatable bonds is 8. The van der Waals surface area contributed by atoms with Gasteiger partial charge in [-0.3, -0.25) is 5.41 Å². The minimum absolute atomic E-state index is 0.0703. The lowest BCUT2D eigenvalue weighted by Gasteiger charge is -2.22. The molecule has 84 valence electrons. The molecule has 0 aliphatic rings. The maximum atomic E-state index is 8.60. The van der Waals surface area contributed by atoms with E-state index in [-0.39, 0.29) is 19.2 Å². The number of aliphatic hydroxyl groups excluding tert-OH is 2. The number of aliphatic hydroxyl groups is 2. The number of unbranched alkanes of at least 4 members (excludes halogenated alkanes) is 2. The quantitative estimate of drug-likeness (QED) is 0.248. The second kappa shape index (κ2) is 8.77. The van der Waals surface area contributed by atoms with Crippen LogP contribution in [0.4, 0.5) is 0 Å². The van der Waals surface area contributed by atoms with Crippen LogP contribution >= 0.6 is 0 Å². The maximum absolute atomic E-state index is 8.60. The highest BCUT2D eigenvalue weighted by Crippen LogP contribution is 1.98. The number of nitrogens with two attached hydrogens (primary N) is 1. The largest absolute Gasteiger partial charge is 0.396 e. The Balaban J connectivity index is 3.61. The smallest absolute Gasteiger partial charge is 0.188 e. The molecule has 0 radical (unpaired) electrons. The Hall–Kier alpha value is -0.810. The van der Waals surface area contributed by atoms with E-state index in [0.717, 1.165) is 25.7 Å². The van der Waals surface area contributed by atoms with E-state index in [0.29, 0.717) is 13.1 Å². The van der Waals surface area contributed by atoms with E-state index < -0.39 is 0 Å². The Morgan fingerprint density at radius 3 is 1.71 bits per heavy atom. The Bertz CT molecular complexity index is 143. The van der Waals surface area contributed by atoms with Gasteiger partial charge in [0.05, 0.1) is 0 Å². The molecule has 0 heterocycles. The lowest BCUT2D eigenvalue weighted by Crippen LogP contribution is -2.38. The van der Waals surface area contributed by atoms with Crippen LogP contribution in [-0.4, -0.2) is 47.4 Å². The summed E-state index contributed by atoms with van der Waals surface area (Å²) in [6.45, 7) is 1.79. The predicted molar refractivity (Wildman–Crippen MR) is 56.1 cm³/mol. The summed E-state index contributed by atoms with van der Waals surface area (Å²) < 4.78 is 0. The highest BCUT2D eigenvalue weighted by molar-refractivity contribution is 5.74. The molecule has 0 amide bonds. The summed E-state index contributed by atoms with van der Waals surface area (Å²) in [6.07, 6.45) is 3.16. The Morgan fingerprint density at radius 1 is 1.00 bits per heavy atom. The molecule has 0 saturated carbocycles. The van der Waals surface area contributed by atoms with Gasteiger partial charge in [-0.25, -0.2) is 0 Å². The van der Waals surface area contributed by atoms with E-state index in [1.165, 1.54) is 0 Å². The van der Waals surface area contributed by atoms with E-state index in [9.17, 15) is 0 Å². The van der Waals surface area contributed by atoms with Gasteiger partial charge in [-0.05, 0) is 25.7 Å². The van der Waals surface area contributed by atoms with Gasteiger partial charge in [0, 0.05) is 26.3 Å². The van der Waals surface area contributed by atoms with Gasteiger partial charge in [0.15, 0.2) is 5.96 Å². The fourth-order valence-corrected chi connectivity index (χ4v) is 1.18. The van der Waals surface area contributed by atoms with Crippen molar-refractivity contribution in [3.8, 4) is 0 Å². The van der Waals surface area contributed by atoms with Crippen molar-refractivity contribution in [1.82, 2.24) is 4.90 Å². The first-order chi connectivity index (χ1) is 6.72. The third-order valence-electron chi connectivity index (χ3n) is 2.01. The molecule has 5 nitrogen and oxygen atoms in total. The molecule has 5 N–H and O–H groups in total. The zero-order valence-corrected chi connectivity index (χ0v) is 8.58. The zero-order chi connectivity index (χ0) is 10.8. The van der Waals surface area contributed by atoms with Gasteiger partial charge >= 0.3 is 0 Å². The predicted octanol–water partition coefficient (Wildman–Crippen LogP) is -0.273. The minimum atomic E-state index is 0.0703. The highest BCUT2D eigenvalue weighted by atomic mass is 16.3. The van der Waals surface area contributed by atoms with Crippen molar-refractivity contribution >= 4 is 5.96 Å². The van der Waals surface area contributed by atoms with Crippen molar-refractivity contribution in [2.24, 2.45) is 5.73 Å². The van der Waals surface area contributed by atoms with Gasteiger partial charge in [0.1, 0.15) is 0 Å². The van der Waals surface area contributed by atoms with Crippen molar-refractivity contribution < 1.29 is 10.2 Å². The molecular weight excluding hydrogens is 182 g/mol. The third kappa shape index (κ3) is 6.68. The number of nitrogens with one attached hydrogen (secondary N) is 1. The monoisotopic (exact) mass is 203 g/mol. The highest BCUT2D eigenvalue weighted by Gasteiger charge is 2.04. The average molecular weight is 203 g/mol. The summed E-state index contributed by atoms with van der Waals surface area (Å²) in [5.41, 5.74) is 5.39. The summed E-state index contributed by atoms with van der Waals surface area (Å²) in [4.78, 5) is 1.77. The van der Waals surface area contributed by atoms with Crippen LogP contribution in [-0.2, 0) is 0 Å². The molecule has 0 aliphatic carbocycles. The normalized spacial score (nSPS) is 10.1. The third-order valence-corrected chi connectivity index (χ3v) is 2.01. The lowest BCUT2D eigenvalue weighted by molar-refractivity contribution is 0.264. The van der Waals surface area contributed by atoms with Crippen LogP contribution in [0.15, 0.2) is 0 Å². The molecule has 0 unspecified atom stereocenters. The molecule has 0 atom stereocenters. The Kier molecular flexibility index (Phi) is 8.27. The van der Waals surface area contributed by atoms with Gasteiger partial charge in [0.2, 0.25) is 0 Å². The molecule has 0 fully saturated rings. The van der Waals surface area contributed by atoms with E-state index in [2.05, 4.69) is 0 Å².